The van der Waals surface area contributed by atoms with Gasteiger partial charge in [-0.15, -0.1) is 0 Å². The Morgan fingerprint density at radius 2 is 1.62 bits per heavy atom. The number of hydrogen-bond acceptors (Lipinski definition) is 11. The Bertz CT molecular complexity index is 2700. The summed E-state index contributed by atoms with van der Waals surface area (Å²) in [6.45, 7) is 6.42. The minimum absolute atomic E-state index is 0.0586. The molecular formula is C50H55F2N9O7. The van der Waals surface area contributed by atoms with Crippen molar-refractivity contribution in [2.75, 3.05) is 56.6 Å². The molecule has 2 atom stereocenters. The summed E-state index contributed by atoms with van der Waals surface area (Å²) in [7, 11) is 0. The lowest BCUT2D eigenvalue weighted by Crippen LogP contribution is -2.56. The van der Waals surface area contributed by atoms with E-state index in [2.05, 4.69) is 43.3 Å². The normalized spacial score (nSPS) is 21.2. The largest absolute Gasteiger partial charge is 0.385 e. The summed E-state index contributed by atoms with van der Waals surface area (Å²) < 4.78 is 33.5. The van der Waals surface area contributed by atoms with E-state index in [1.165, 1.54) is 12.1 Å². The molecular weight excluding hydrogens is 877 g/mol. The molecule has 4 aliphatic heterocycles. The molecule has 5 N–H and O–H groups in total. The number of ether oxygens (including phenoxy) is 1. The van der Waals surface area contributed by atoms with Crippen LogP contribution >= 0.6 is 0 Å². The highest BCUT2D eigenvalue weighted by Gasteiger charge is 2.45. The molecule has 16 nitrogen and oxygen atoms in total. The zero-order valence-corrected chi connectivity index (χ0v) is 37.9. The molecule has 5 heterocycles. The van der Waals surface area contributed by atoms with Gasteiger partial charge in [0.15, 0.2) is 5.82 Å². The van der Waals surface area contributed by atoms with Gasteiger partial charge in [0.25, 0.3) is 17.7 Å². The number of piperidine rings is 1. The topological polar surface area (TPSA) is 198 Å². The maximum absolute atomic E-state index is 14.2. The van der Waals surface area contributed by atoms with Crippen molar-refractivity contribution in [1.82, 2.24) is 35.5 Å². The number of piperazine rings is 1. The van der Waals surface area contributed by atoms with Crippen LogP contribution in [0, 0.1) is 11.6 Å². The number of imide groups is 2. The van der Waals surface area contributed by atoms with Crippen LogP contribution in [0.15, 0.2) is 78.0 Å². The van der Waals surface area contributed by atoms with Crippen LogP contribution < -0.4 is 21.3 Å². The molecule has 3 saturated heterocycles. The van der Waals surface area contributed by atoms with Gasteiger partial charge in [0, 0.05) is 99.7 Å². The third-order valence-corrected chi connectivity index (χ3v) is 13.6. The first-order valence-corrected chi connectivity index (χ1v) is 23.4. The zero-order chi connectivity index (χ0) is 47.5. The average molecular weight is 932 g/mol. The van der Waals surface area contributed by atoms with Crippen molar-refractivity contribution in [3.8, 4) is 0 Å². The number of benzene rings is 3. The minimum atomic E-state index is -1.01. The van der Waals surface area contributed by atoms with E-state index in [1.54, 1.807) is 18.2 Å². The first-order valence-electron chi connectivity index (χ1n) is 23.4. The highest BCUT2D eigenvalue weighted by Crippen LogP contribution is 2.35. The number of nitrogens with zero attached hydrogens (tertiary/aromatic N) is 4. The second-order valence-electron chi connectivity index (χ2n) is 18.5. The number of allylic oxidation sites excluding steroid dienone is 2. The number of carbonyl (C=O) groups excluding carboxylic acids is 6. The van der Waals surface area contributed by atoms with Crippen molar-refractivity contribution in [1.29, 1.82) is 0 Å². The molecule has 3 fully saturated rings. The molecule has 4 aromatic rings. The van der Waals surface area contributed by atoms with E-state index in [-0.39, 0.29) is 41.8 Å². The fourth-order valence-electron chi connectivity index (χ4n) is 10.0. The predicted octanol–water partition coefficient (Wildman–Crippen LogP) is 5.33. The van der Waals surface area contributed by atoms with Crippen molar-refractivity contribution in [2.24, 2.45) is 0 Å². The summed E-state index contributed by atoms with van der Waals surface area (Å²) in [4.78, 5) is 82.9. The number of unbranched alkanes of at least 4 members (excludes halogenated alkanes) is 2. The third-order valence-electron chi connectivity index (χ3n) is 13.6. The number of amides is 6. The standard InChI is InChI=1S/C50H55F2N9O7/c1-50(56-34-14-21-68-22-15-34)29-36(8-10-40(50)46(64)55-45-39-26-30(6-11-41(39)57-58-45)23-31-24-32(51)27-33(52)25-31)59-17-19-60(20-18-59)44(63)5-3-2-4-16-53-35-7-9-37-38(28-35)49(67)61(48(37)66)42-12-13-43(62)54-47(42)65/h6-11,24-28,34,42,53,56H,2-5,12-23,29H2,1H3,(H,54,62,65)(H2,55,57,58,64). The van der Waals surface area contributed by atoms with Gasteiger partial charge in [-0.1, -0.05) is 12.5 Å². The predicted molar refractivity (Wildman–Crippen MR) is 248 cm³/mol. The average Bonchev–Trinajstić information content (AvgIpc) is 3.82. The number of H-pyrrole nitrogens is 1. The van der Waals surface area contributed by atoms with Gasteiger partial charge in [0.2, 0.25) is 17.7 Å². The Balaban J connectivity index is 0.764. The number of fused-ring (bicyclic) bond motifs is 2. The number of halogens is 2. The van der Waals surface area contributed by atoms with Crippen molar-refractivity contribution in [3.05, 3.63) is 112 Å². The minimum Gasteiger partial charge on any atom is -0.385 e. The van der Waals surface area contributed by atoms with Crippen LogP contribution in [0.4, 0.5) is 20.3 Å². The van der Waals surface area contributed by atoms with Gasteiger partial charge in [0.05, 0.1) is 22.2 Å². The molecule has 356 valence electrons. The van der Waals surface area contributed by atoms with Crippen LogP contribution in [0.25, 0.3) is 10.9 Å². The van der Waals surface area contributed by atoms with E-state index in [0.717, 1.165) is 54.3 Å². The fourth-order valence-corrected chi connectivity index (χ4v) is 10.0. The second kappa shape index (κ2) is 19.8. The summed E-state index contributed by atoms with van der Waals surface area (Å²) >= 11 is 0. The van der Waals surface area contributed by atoms with Crippen LogP contribution in [0.5, 0.6) is 0 Å². The van der Waals surface area contributed by atoms with Crippen molar-refractivity contribution >= 4 is 57.9 Å². The smallest absolute Gasteiger partial charge is 0.262 e. The molecule has 0 radical (unpaired) electrons. The van der Waals surface area contributed by atoms with E-state index >= 15 is 0 Å². The maximum Gasteiger partial charge on any atom is 0.262 e. The Kier molecular flexibility index (Phi) is 13.5. The number of carbonyl (C=O) groups is 6. The number of aromatic amines is 1. The number of aromatic nitrogens is 2. The first kappa shape index (κ1) is 46.3. The highest BCUT2D eigenvalue weighted by molar-refractivity contribution is 6.23. The highest BCUT2D eigenvalue weighted by atomic mass is 19.1. The molecule has 3 aromatic carbocycles. The summed E-state index contributed by atoms with van der Waals surface area (Å²) in [6, 6.07) is 13.1. The Labute approximate surface area is 391 Å². The molecule has 5 aliphatic rings. The second-order valence-corrected chi connectivity index (χ2v) is 18.5. The van der Waals surface area contributed by atoms with Crippen molar-refractivity contribution in [2.45, 2.75) is 88.8 Å². The van der Waals surface area contributed by atoms with Crippen molar-refractivity contribution < 1.29 is 42.3 Å². The third kappa shape index (κ3) is 10.1. The van der Waals surface area contributed by atoms with E-state index in [9.17, 15) is 37.5 Å². The van der Waals surface area contributed by atoms with Crippen LogP contribution in [0.3, 0.4) is 0 Å². The van der Waals surface area contributed by atoms with Gasteiger partial charge in [-0.2, -0.15) is 5.10 Å². The maximum atomic E-state index is 14.2. The molecule has 2 unspecified atom stereocenters. The van der Waals surface area contributed by atoms with E-state index in [0.29, 0.717) is 98.7 Å². The SMILES string of the molecule is CC1(NC2CCOCC2)CC(N2CCN(C(=O)CCCCCNc3ccc4c(c3)C(=O)N(C3CCC(=O)NC3=O)C4=O)CC2)=CC=C1C(=O)Nc1n[nH]c2ccc(Cc3cc(F)cc(F)c3)cc12. The van der Waals surface area contributed by atoms with Gasteiger partial charge in [0.1, 0.15) is 17.7 Å². The molecule has 6 amide bonds. The van der Waals surface area contributed by atoms with Crippen LogP contribution in [0.1, 0.15) is 96.6 Å². The van der Waals surface area contributed by atoms with Gasteiger partial charge in [-0.3, -0.25) is 44.1 Å². The molecule has 1 aliphatic carbocycles. The monoisotopic (exact) mass is 931 g/mol. The van der Waals surface area contributed by atoms with Crippen LogP contribution in [-0.4, -0.2) is 124 Å². The molecule has 1 aromatic heterocycles. The van der Waals surface area contributed by atoms with E-state index in [1.807, 2.05) is 35.3 Å². The van der Waals surface area contributed by atoms with Gasteiger partial charge < -0.3 is 30.5 Å². The van der Waals surface area contributed by atoms with E-state index in [4.69, 9.17) is 4.74 Å². The Morgan fingerprint density at radius 1 is 0.853 bits per heavy atom. The zero-order valence-electron chi connectivity index (χ0n) is 37.9. The van der Waals surface area contributed by atoms with Crippen LogP contribution in [-0.2, 0) is 30.3 Å². The quantitative estimate of drug-likeness (QED) is 0.0764. The Morgan fingerprint density at radius 3 is 2.38 bits per heavy atom. The number of nitrogens with one attached hydrogen (secondary N) is 5. The lowest BCUT2D eigenvalue weighted by Gasteiger charge is -2.44. The lowest BCUT2D eigenvalue weighted by molar-refractivity contribution is -0.136. The van der Waals surface area contributed by atoms with E-state index < -0.39 is 46.8 Å². The summed E-state index contributed by atoms with van der Waals surface area (Å²) in [5, 5.41) is 20.4. The molecule has 9 rings (SSSR count). The molecule has 68 heavy (non-hydrogen) atoms. The van der Waals surface area contributed by atoms with Crippen molar-refractivity contribution in [3.63, 3.8) is 0 Å². The lowest BCUT2D eigenvalue weighted by atomic mass is 9.80. The summed E-state index contributed by atoms with van der Waals surface area (Å²) in [6.07, 6.45) is 9.29. The number of hydrogen-bond donors (Lipinski definition) is 5. The fraction of sp³-hybridized carbons (Fsp3) is 0.420. The molecule has 18 heteroatoms. The molecule has 0 saturated carbocycles. The summed E-state index contributed by atoms with van der Waals surface area (Å²) in [5.74, 6) is -3.27. The first-order chi connectivity index (χ1) is 32.8. The Hall–Kier alpha value is -6.79. The number of anilines is 2. The van der Waals surface area contributed by atoms with Gasteiger partial charge >= 0.3 is 0 Å². The summed E-state index contributed by atoms with van der Waals surface area (Å²) in [5.41, 5.74) is 4.05. The number of rotatable bonds is 15. The van der Waals surface area contributed by atoms with Crippen LogP contribution in [0.2, 0.25) is 0 Å². The van der Waals surface area contributed by atoms with Gasteiger partial charge in [-0.25, -0.2) is 8.78 Å². The molecule has 0 spiro atoms. The molecule has 0 bridgehead atoms. The van der Waals surface area contributed by atoms with Gasteiger partial charge in [-0.05, 0) is 111 Å².